The molecule has 0 bridgehead atoms. The maximum Gasteiger partial charge on any atom is 0.341 e. The number of methoxy groups -OCH3 is 1. The van der Waals surface area contributed by atoms with Gasteiger partial charge in [-0.05, 0) is 24.6 Å². The zero-order chi connectivity index (χ0) is 15.0. The zero-order valence-corrected chi connectivity index (χ0v) is 11.5. The number of carboxylic acids is 1. The van der Waals surface area contributed by atoms with Crippen LogP contribution in [0.1, 0.15) is 12.5 Å². The molecule has 0 aliphatic heterocycles. The first kappa shape index (κ1) is 16.0. The van der Waals surface area contributed by atoms with E-state index in [9.17, 15) is 9.59 Å². The first-order valence-corrected chi connectivity index (χ1v) is 6.19. The van der Waals surface area contributed by atoms with E-state index in [1.807, 2.05) is 0 Å². The standard InChI is InChI=1S/C14H18O6/c1-3-19-14(17)12(18-2)8-10-4-6-11(7-5-10)20-9-13(15)16/h4-7,12H,3,8-9H2,1-2H3,(H,15,16). The number of carbonyl (C=O) groups is 2. The quantitative estimate of drug-likeness (QED) is 0.723. The Morgan fingerprint density at radius 3 is 2.40 bits per heavy atom. The van der Waals surface area contributed by atoms with Crippen LogP contribution in [-0.4, -0.2) is 43.5 Å². The smallest absolute Gasteiger partial charge is 0.341 e. The average molecular weight is 282 g/mol. The Bertz CT molecular complexity index is 439. The molecule has 0 saturated carbocycles. The van der Waals surface area contributed by atoms with Gasteiger partial charge in [0.05, 0.1) is 6.61 Å². The fourth-order valence-corrected chi connectivity index (χ4v) is 1.58. The molecule has 110 valence electrons. The fourth-order valence-electron chi connectivity index (χ4n) is 1.58. The number of esters is 1. The molecule has 0 saturated heterocycles. The molecule has 1 aromatic rings. The third-order valence-corrected chi connectivity index (χ3v) is 2.54. The second kappa shape index (κ2) is 8.16. The molecule has 1 aromatic carbocycles. The summed E-state index contributed by atoms with van der Waals surface area (Å²) in [5, 5.41) is 8.50. The lowest BCUT2D eigenvalue weighted by molar-refractivity contribution is -0.154. The topological polar surface area (TPSA) is 82.1 Å². The minimum atomic E-state index is -1.03. The van der Waals surface area contributed by atoms with Gasteiger partial charge in [-0.3, -0.25) is 0 Å². The van der Waals surface area contributed by atoms with E-state index in [1.165, 1.54) is 7.11 Å². The van der Waals surface area contributed by atoms with Crippen molar-refractivity contribution < 1.29 is 28.9 Å². The van der Waals surface area contributed by atoms with E-state index in [1.54, 1.807) is 31.2 Å². The summed E-state index contributed by atoms with van der Waals surface area (Å²) in [6, 6.07) is 6.80. The van der Waals surface area contributed by atoms with Crippen LogP contribution in [0, 0.1) is 0 Å². The van der Waals surface area contributed by atoms with Crippen molar-refractivity contribution in [1.82, 2.24) is 0 Å². The van der Waals surface area contributed by atoms with Gasteiger partial charge in [0, 0.05) is 13.5 Å². The third kappa shape index (κ3) is 5.27. The molecule has 0 spiro atoms. The van der Waals surface area contributed by atoms with E-state index >= 15 is 0 Å². The number of benzene rings is 1. The molecule has 1 atom stereocenters. The highest BCUT2D eigenvalue weighted by molar-refractivity contribution is 5.75. The second-order valence-corrected chi connectivity index (χ2v) is 4.01. The summed E-state index contributed by atoms with van der Waals surface area (Å²) in [4.78, 5) is 22.0. The lowest BCUT2D eigenvalue weighted by atomic mass is 10.1. The Hall–Kier alpha value is -2.08. The first-order chi connectivity index (χ1) is 9.56. The van der Waals surface area contributed by atoms with Gasteiger partial charge in [-0.2, -0.15) is 0 Å². The van der Waals surface area contributed by atoms with Crippen LogP contribution in [-0.2, 0) is 25.5 Å². The molecular weight excluding hydrogens is 264 g/mol. The summed E-state index contributed by atoms with van der Waals surface area (Å²) in [7, 11) is 1.45. The van der Waals surface area contributed by atoms with Crippen LogP contribution in [0.15, 0.2) is 24.3 Å². The number of hydrogen-bond donors (Lipinski definition) is 1. The highest BCUT2D eigenvalue weighted by atomic mass is 16.6. The van der Waals surface area contributed by atoms with Crippen molar-refractivity contribution in [1.29, 1.82) is 0 Å². The predicted molar refractivity (Wildman–Crippen MR) is 70.7 cm³/mol. The minimum absolute atomic E-state index is 0.306. The molecule has 1 N–H and O–H groups in total. The minimum Gasteiger partial charge on any atom is -0.482 e. The Morgan fingerprint density at radius 1 is 1.25 bits per heavy atom. The van der Waals surface area contributed by atoms with Crippen LogP contribution in [0.4, 0.5) is 0 Å². The summed E-state index contributed by atoms with van der Waals surface area (Å²) < 4.78 is 15.0. The van der Waals surface area contributed by atoms with Crippen LogP contribution < -0.4 is 4.74 Å². The Morgan fingerprint density at radius 2 is 1.90 bits per heavy atom. The molecule has 6 nitrogen and oxygen atoms in total. The molecule has 6 heteroatoms. The number of carbonyl (C=O) groups excluding carboxylic acids is 1. The van der Waals surface area contributed by atoms with Gasteiger partial charge in [0.2, 0.25) is 0 Å². The van der Waals surface area contributed by atoms with Crippen molar-refractivity contribution in [3.05, 3.63) is 29.8 Å². The number of carboxylic acid groups (broad SMARTS) is 1. The second-order valence-electron chi connectivity index (χ2n) is 4.01. The van der Waals surface area contributed by atoms with E-state index in [0.717, 1.165) is 5.56 Å². The normalized spacial score (nSPS) is 11.7. The molecule has 0 aromatic heterocycles. The Kier molecular flexibility index (Phi) is 6.52. The largest absolute Gasteiger partial charge is 0.482 e. The van der Waals surface area contributed by atoms with Gasteiger partial charge in [0.25, 0.3) is 0 Å². The SMILES string of the molecule is CCOC(=O)C(Cc1ccc(OCC(=O)O)cc1)OC. The molecule has 20 heavy (non-hydrogen) atoms. The van der Waals surface area contributed by atoms with Gasteiger partial charge in [0.1, 0.15) is 5.75 Å². The van der Waals surface area contributed by atoms with Crippen LogP contribution in [0.2, 0.25) is 0 Å². The third-order valence-electron chi connectivity index (χ3n) is 2.54. The zero-order valence-electron chi connectivity index (χ0n) is 11.5. The lowest BCUT2D eigenvalue weighted by Crippen LogP contribution is -2.27. The number of aliphatic carboxylic acids is 1. The van der Waals surface area contributed by atoms with Crippen molar-refractivity contribution in [2.75, 3.05) is 20.3 Å². The molecular formula is C14H18O6. The van der Waals surface area contributed by atoms with Crippen molar-refractivity contribution >= 4 is 11.9 Å². The molecule has 0 aliphatic carbocycles. The Labute approximate surface area is 117 Å². The van der Waals surface area contributed by atoms with Crippen molar-refractivity contribution in [2.24, 2.45) is 0 Å². The van der Waals surface area contributed by atoms with E-state index in [2.05, 4.69) is 0 Å². The van der Waals surface area contributed by atoms with Gasteiger partial charge >= 0.3 is 11.9 Å². The molecule has 0 amide bonds. The summed E-state index contributed by atoms with van der Waals surface area (Å²) in [5.41, 5.74) is 0.868. The van der Waals surface area contributed by atoms with Crippen LogP contribution >= 0.6 is 0 Å². The summed E-state index contributed by atoms with van der Waals surface area (Å²) >= 11 is 0. The van der Waals surface area contributed by atoms with Gasteiger partial charge in [0.15, 0.2) is 12.7 Å². The fraction of sp³-hybridized carbons (Fsp3) is 0.429. The predicted octanol–water partition coefficient (Wildman–Crippen LogP) is 1.27. The first-order valence-electron chi connectivity index (χ1n) is 6.19. The van der Waals surface area contributed by atoms with Gasteiger partial charge in [-0.1, -0.05) is 12.1 Å². The highest BCUT2D eigenvalue weighted by Crippen LogP contribution is 2.14. The molecule has 0 fully saturated rings. The lowest BCUT2D eigenvalue weighted by Gasteiger charge is -2.14. The van der Waals surface area contributed by atoms with E-state index in [4.69, 9.17) is 19.3 Å². The summed E-state index contributed by atoms with van der Waals surface area (Å²) in [6.45, 7) is 1.66. The number of hydrogen-bond acceptors (Lipinski definition) is 5. The van der Waals surface area contributed by atoms with Crippen molar-refractivity contribution in [3.8, 4) is 5.75 Å². The van der Waals surface area contributed by atoms with E-state index < -0.39 is 18.0 Å². The van der Waals surface area contributed by atoms with Gasteiger partial charge < -0.3 is 19.3 Å². The monoisotopic (exact) mass is 282 g/mol. The van der Waals surface area contributed by atoms with Crippen LogP contribution in [0.5, 0.6) is 5.75 Å². The van der Waals surface area contributed by atoms with Gasteiger partial charge in [-0.25, -0.2) is 9.59 Å². The average Bonchev–Trinajstić information content (AvgIpc) is 2.44. The van der Waals surface area contributed by atoms with E-state index in [-0.39, 0.29) is 6.61 Å². The highest BCUT2D eigenvalue weighted by Gasteiger charge is 2.19. The maximum absolute atomic E-state index is 11.6. The molecule has 0 heterocycles. The molecule has 1 unspecified atom stereocenters. The van der Waals surface area contributed by atoms with Crippen LogP contribution in [0.25, 0.3) is 0 Å². The maximum atomic E-state index is 11.6. The van der Waals surface area contributed by atoms with Crippen molar-refractivity contribution in [2.45, 2.75) is 19.4 Å². The molecule has 0 radical (unpaired) electrons. The van der Waals surface area contributed by atoms with E-state index in [0.29, 0.717) is 18.8 Å². The van der Waals surface area contributed by atoms with Crippen LogP contribution in [0.3, 0.4) is 0 Å². The van der Waals surface area contributed by atoms with Crippen molar-refractivity contribution in [3.63, 3.8) is 0 Å². The summed E-state index contributed by atoms with van der Waals surface area (Å²) in [5.74, 6) is -0.974. The molecule has 0 aliphatic rings. The van der Waals surface area contributed by atoms with Gasteiger partial charge in [-0.15, -0.1) is 0 Å². The number of ether oxygens (including phenoxy) is 3. The summed E-state index contributed by atoms with van der Waals surface area (Å²) in [6.07, 6.45) is -0.269. The Balaban J connectivity index is 2.59. The number of rotatable bonds is 8. The molecule has 1 rings (SSSR count).